The Morgan fingerprint density at radius 3 is 2.39 bits per heavy atom. The maximum Gasteiger partial charge on any atom is 0.347 e. The van der Waals surface area contributed by atoms with Gasteiger partial charge in [0.15, 0.2) is 0 Å². The normalized spacial score (nSPS) is 47.7. The largest absolute Gasteiger partial charge is 0.380 e. The van der Waals surface area contributed by atoms with E-state index in [0.29, 0.717) is 13.2 Å². The zero-order chi connectivity index (χ0) is 15.6. The number of hydrogen-bond donors (Lipinski definition) is 0. The molecule has 4 bridgehead atoms. The van der Waals surface area contributed by atoms with Crippen LogP contribution in [0, 0.1) is 16.7 Å². The van der Waals surface area contributed by atoms with Gasteiger partial charge in [-0.3, -0.25) is 4.99 Å². The van der Waals surface area contributed by atoms with E-state index in [1.54, 1.807) is 16.4 Å². The van der Waals surface area contributed by atoms with Crippen LogP contribution in [0.5, 0.6) is 0 Å². The van der Waals surface area contributed by atoms with Crippen LogP contribution in [0.3, 0.4) is 0 Å². The fraction of sp³-hybridized carbons (Fsp3) is 0.688. The van der Waals surface area contributed by atoms with Crippen molar-refractivity contribution in [1.82, 2.24) is 13.9 Å². The van der Waals surface area contributed by atoms with Crippen molar-refractivity contribution in [2.24, 2.45) is 28.8 Å². The molecule has 7 heteroatoms. The second-order valence-corrected chi connectivity index (χ2v) is 7.65. The Bertz CT molecular complexity index is 837. The first kappa shape index (κ1) is 12.5. The Morgan fingerprint density at radius 1 is 1.09 bits per heavy atom. The molecule has 6 heterocycles. The van der Waals surface area contributed by atoms with Gasteiger partial charge in [0.05, 0.1) is 36.8 Å². The quantitative estimate of drug-likeness (QED) is 0.627. The molecule has 1 saturated carbocycles. The summed E-state index contributed by atoms with van der Waals surface area (Å²) in [5, 5.41) is 0. The molecule has 2 fully saturated rings. The van der Waals surface area contributed by atoms with Gasteiger partial charge >= 0.3 is 11.4 Å². The molecule has 1 aromatic heterocycles. The van der Waals surface area contributed by atoms with E-state index in [4.69, 9.17) is 9.73 Å². The van der Waals surface area contributed by atoms with E-state index in [0.717, 1.165) is 12.8 Å². The first-order valence-corrected chi connectivity index (χ1v) is 8.32. The zero-order valence-corrected chi connectivity index (χ0v) is 12.9. The van der Waals surface area contributed by atoms with E-state index in [-0.39, 0.29) is 46.3 Å². The lowest BCUT2D eigenvalue weighted by Gasteiger charge is -2.66. The van der Waals surface area contributed by atoms with Gasteiger partial charge in [0, 0.05) is 24.6 Å². The molecular formula is C16H18N4O3. The molecule has 0 N–H and O–H groups in total. The van der Waals surface area contributed by atoms with Crippen molar-refractivity contribution in [3.63, 3.8) is 0 Å². The third kappa shape index (κ3) is 0.978. The van der Waals surface area contributed by atoms with Gasteiger partial charge in [-0.1, -0.05) is 12.2 Å². The molecule has 23 heavy (non-hydrogen) atoms. The van der Waals surface area contributed by atoms with Crippen molar-refractivity contribution < 1.29 is 4.74 Å². The summed E-state index contributed by atoms with van der Waals surface area (Å²) < 4.78 is 10.8. The van der Waals surface area contributed by atoms with Gasteiger partial charge in [-0.25, -0.2) is 23.5 Å². The highest BCUT2D eigenvalue weighted by Crippen LogP contribution is 2.72. The number of rotatable bonds is 0. The smallest absolute Gasteiger partial charge is 0.347 e. The van der Waals surface area contributed by atoms with Crippen LogP contribution in [-0.2, 0) is 11.8 Å². The van der Waals surface area contributed by atoms with Crippen molar-refractivity contribution in [2.45, 2.75) is 31.0 Å². The second kappa shape index (κ2) is 3.45. The predicted octanol–water partition coefficient (Wildman–Crippen LogP) is -0.120. The topological polar surface area (TPSA) is 70.5 Å². The second-order valence-electron chi connectivity index (χ2n) is 7.65. The zero-order valence-electron chi connectivity index (χ0n) is 12.9. The molecule has 3 unspecified atom stereocenters. The predicted molar refractivity (Wildman–Crippen MR) is 81.8 cm³/mol. The maximum absolute atomic E-state index is 12.7. The summed E-state index contributed by atoms with van der Waals surface area (Å²) in [5.74, 6) is 0.193. The molecule has 7 nitrogen and oxygen atoms in total. The first-order chi connectivity index (χ1) is 11.1. The molecule has 2 aliphatic carbocycles. The third-order valence-corrected chi connectivity index (χ3v) is 7.27. The van der Waals surface area contributed by atoms with Crippen LogP contribution in [0.15, 0.2) is 26.7 Å². The van der Waals surface area contributed by atoms with Crippen molar-refractivity contribution >= 4 is 6.21 Å². The number of hydrogen-bond acceptors (Lipinski definition) is 4. The van der Waals surface area contributed by atoms with Crippen LogP contribution in [0.4, 0.5) is 0 Å². The number of ether oxygens (including phenoxy) is 1. The lowest BCUT2D eigenvalue weighted by atomic mass is 9.43. The molecule has 7 aliphatic rings. The number of nitrogens with zero attached hydrogens (tertiary/aromatic N) is 4. The van der Waals surface area contributed by atoms with Crippen molar-refractivity contribution in [3.8, 4) is 0 Å². The molecule has 6 atom stereocenters. The number of aliphatic imine (C=N–C) groups is 1. The minimum Gasteiger partial charge on any atom is -0.380 e. The van der Waals surface area contributed by atoms with Crippen molar-refractivity contribution in [2.75, 3.05) is 13.2 Å². The molecule has 8 rings (SSSR count). The maximum atomic E-state index is 12.7. The Kier molecular flexibility index (Phi) is 1.88. The van der Waals surface area contributed by atoms with Gasteiger partial charge < -0.3 is 4.74 Å². The van der Waals surface area contributed by atoms with E-state index in [1.165, 1.54) is 4.57 Å². The summed E-state index contributed by atoms with van der Waals surface area (Å²) in [6, 6.07) is 0.0608. The summed E-state index contributed by atoms with van der Waals surface area (Å²) in [6.45, 7) is 1.29. The van der Waals surface area contributed by atoms with Crippen LogP contribution >= 0.6 is 0 Å². The minimum absolute atomic E-state index is 0.00806. The minimum atomic E-state index is -0.200. The monoisotopic (exact) mass is 314 g/mol. The molecule has 0 spiro atoms. The van der Waals surface area contributed by atoms with Crippen molar-refractivity contribution in [3.05, 3.63) is 33.1 Å². The Morgan fingerprint density at radius 2 is 1.74 bits per heavy atom. The lowest BCUT2D eigenvalue weighted by molar-refractivity contribution is -0.141. The van der Waals surface area contributed by atoms with Gasteiger partial charge in [-0.05, 0) is 12.8 Å². The lowest BCUT2D eigenvalue weighted by Crippen LogP contribution is -2.71. The molecule has 5 aliphatic heterocycles. The highest BCUT2D eigenvalue weighted by atomic mass is 16.5. The number of dihydropyridines is 1. The Balaban J connectivity index is 1.77. The molecule has 1 aromatic rings. The number of aromatic nitrogens is 3. The van der Waals surface area contributed by atoms with Crippen LogP contribution in [0.2, 0.25) is 0 Å². The average molecular weight is 314 g/mol. The van der Waals surface area contributed by atoms with Gasteiger partial charge in [-0.2, -0.15) is 0 Å². The number of allylic oxidation sites excluding steroid dienone is 1. The number of fused-ring (bicyclic) bond motifs is 1. The summed E-state index contributed by atoms with van der Waals surface area (Å²) in [4.78, 5) is 30.2. The van der Waals surface area contributed by atoms with Gasteiger partial charge in [0.1, 0.15) is 0 Å². The van der Waals surface area contributed by atoms with Crippen LogP contribution < -0.4 is 11.4 Å². The van der Waals surface area contributed by atoms with Gasteiger partial charge in [0.25, 0.3) is 0 Å². The Labute approximate surface area is 131 Å². The highest BCUT2D eigenvalue weighted by Gasteiger charge is 2.76. The molecule has 0 amide bonds. The first-order valence-electron chi connectivity index (χ1n) is 8.32. The summed E-state index contributed by atoms with van der Waals surface area (Å²) in [6.07, 6.45) is 8.33. The fourth-order valence-corrected chi connectivity index (χ4v) is 6.43. The average Bonchev–Trinajstić information content (AvgIpc) is 3.14. The van der Waals surface area contributed by atoms with Crippen LogP contribution in [0.1, 0.15) is 24.9 Å². The molecule has 0 aromatic carbocycles. The molecule has 120 valence electrons. The van der Waals surface area contributed by atoms with E-state index >= 15 is 0 Å². The standard InChI is InChI=1S/C16H18N4O3/c1-18-13(21)19-11-4-5-12(20(19)14(18)22)16-8-23-7-15(11,16)9-2-3-10(16)17-6-9/h2-3,6,9-12H,4-5,7-8H2,1H3/t9?,10-,11+,12?,15+,16?/m1/s1. The van der Waals surface area contributed by atoms with E-state index in [9.17, 15) is 9.59 Å². The molecule has 0 radical (unpaired) electrons. The highest BCUT2D eigenvalue weighted by molar-refractivity contribution is 5.70. The van der Waals surface area contributed by atoms with E-state index in [1.807, 2.05) is 0 Å². The van der Waals surface area contributed by atoms with Gasteiger partial charge in [0.2, 0.25) is 0 Å². The summed E-state index contributed by atoms with van der Waals surface area (Å²) in [7, 11) is 1.58. The van der Waals surface area contributed by atoms with E-state index in [2.05, 4.69) is 18.4 Å². The van der Waals surface area contributed by atoms with E-state index < -0.39 is 0 Å². The van der Waals surface area contributed by atoms with Crippen LogP contribution in [0.25, 0.3) is 0 Å². The fourth-order valence-electron chi connectivity index (χ4n) is 6.43. The van der Waals surface area contributed by atoms with Crippen LogP contribution in [-0.4, -0.2) is 39.4 Å². The van der Waals surface area contributed by atoms with Crippen molar-refractivity contribution in [1.29, 1.82) is 0 Å². The SMILES string of the molecule is Cn1c(=O)n2n(c1=O)[C@H]1CCC2C23COC[C@]12C1C=C[C@H]3N=C1. The third-order valence-electron chi connectivity index (χ3n) is 7.27. The Hall–Kier alpha value is -1.89. The summed E-state index contributed by atoms with van der Waals surface area (Å²) in [5.41, 5.74) is -0.702. The van der Waals surface area contributed by atoms with Gasteiger partial charge in [-0.15, -0.1) is 0 Å². The molecular weight excluding hydrogens is 296 g/mol. The molecule has 1 saturated heterocycles. The summed E-state index contributed by atoms with van der Waals surface area (Å²) >= 11 is 0.